The number of esters is 1. The summed E-state index contributed by atoms with van der Waals surface area (Å²) >= 11 is 0. The third-order valence-electron chi connectivity index (χ3n) is 3.20. The van der Waals surface area contributed by atoms with Crippen molar-refractivity contribution in [1.29, 1.82) is 0 Å². The van der Waals surface area contributed by atoms with Gasteiger partial charge in [-0.2, -0.15) is 0 Å². The van der Waals surface area contributed by atoms with E-state index >= 15 is 0 Å². The zero-order valence-electron chi connectivity index (χ0n) is 11.2. The molecule has 1 fully saturated rings. The first kappa shape index (κ1) is 13.5. The van der Waals surface area contributed by atoms with Crippen LogP contribution in [0.5, 0.6) is 0 Å². The van der Waals surface area contributed by atoms with Crippen LogP contribution in [-0.2, 0) is 14.3 Å². The van der Waals surface area contributed by atoms with Gasteiger partial charge in [-0.3, -0.25) is 9.59 Å². The highest BCUT2D eigenvalue weighted by atomic mass is 16.5. The average Bonchev–Trinajstić information content (AvgIpc) is 2.41. The summed E-state index contributed by atoms with van der Waals surface area (Å²) in [7, 11) is 1.33. The van der Waals surface area contributed by atoms with Crippen LogP contribution in [-0.4, -0.2) is 38.1 Å². The predicted octanol–water partition coefficient (Wildman–Crippen LogP) is 0.863. The molecule has 19 heavy (non-hydrogen) atoms. The smallest absolute Gasteiger partial charge is 0.307 e. The van der Waals surface area contributed by atoms with Gasteiger partial charge in [-0.1, -0.05) is 12.1 Å². The fraction of sp³-hybridized carbons (Fsp3) is 0.429. The minimum atomic E-state index is -0.498. The van der Waals surface area contributed by atoms with E-state index in [1.807, 2.05) is 31.2 Å². The summed E-state index contributed by atoms with van der Waals surface area (Å²) < 4.78 is 4.61. The standard InChI is InChI=1S/C14H18N2O3/c1-10-4-3-5-11(8-10)16-7-6-15-12(14(16)18)9-13(17)19-2/h3-5,8,12,15H,6-7,9H2,1-2H3. The number of hydrogen-bond acceptors (Lipinski definition) is 4. The van der Waals surface area contributed by atoms with Crippen LogP contribution < -0.4 is 10.2 Å². The third-order valence-corrected chi connectivity index (χ3v) is 3.20. The molecule has 1 aromatic carbocycles. The number of anilines is 1. The molecule has 0 radical (unpaired) electrons. The minimum Gasteiger partial charge on any atom is -0.469 e. The van der Waals surface area contributed by atoms with Crippen molar-refractivity contribution in [2.75, 3.05) is 25.1 Å². The molecule has 2 rings (SSSR count). The van der Waals surface area contributed by atoms with Crippen molar-refractivity contribution >= 4 is 17.6 Å². The lowest BCUT2D eigenvalue weighted by atomic mass is 10.1. The molecule has 1 unspecified atom stereocenters. The van der Waals surface area contributed by atoms with Crippen LogP contribution >= 0.6 is 0 Å². The van der Waals surface area contributed by atoms with E-state index in [-0.39, 0.29) is 18.3 Å². The van der Waals surface area contributed by atoms with Crippen molar-refractivity contribution in [3.63, 3.8) is 0 Å². The van der Waals surface area contributed by atoms with E-state index < -0.39 is 6.04 Å². The first-order valence-electron chi connectivity index (χ1n) is 6.30. The van der Waals surface area contributed by atoms with Gasteiger partial charge < -0.3 is 15.0 Å². The fourth-order valence-corrected chi connectivity index (χ4v) is 2.20. The molecular weight excluding hydrogens is 244 g/mol. The molecule has 102 valence electrons. The maximum Gasteiger partial charge on any atom is 0.307 e. The van der Waals surface area contributed by atoms with Gasteiger partial charge in [0, 0.05) is 18.8 Å². The van der Waals surface area contributed by atoms with E-state index in [0.717, 1.165) is 11.3 Å². The van der Waals surface area contributed by atoms with Crippen molar-refractivity contribution < 1.29 is 14.3 Å². The Bertz CT molecular complexity index is 487. The van der Waals surface area contributed by atoms with Crippen molar-refractivity contribution in [3.05, 3.63) is 29.8 Å². The molecule has 1 N–H and O–H groups in total. The summed E-state index contributed by atoms with van der Waals surface area (Å²) in [5.74, 6) is -0.459. The summed E-state index contributed by atoms with van der Waals surface area (Å²) in [6, 6.07) is 7.29. The molecule has 1 heterocycles. The molecule has 1 aliphatic heterocycles. The lowest BCUT2D eigenvalue weighted by Gasteiger charge is -2.33. The largest absolute Gasteiger partial charge is 0.469 e. The SMILES string of the molecule is COC(=O)CC1NCCN(c2cccc(C)c2)C1=O. The van der Waals surface area contributed by atoms with Crippen LogP contribution in [0.25, 0.3) is 0 Å². The Labute approximate surface area is 112 Å². The van der Waals surface area contributed by atoms with E-state index in [4.69, 9.17) is 0 Å². The molecule has 0 spiro atoms. The van der Waals surface area contributed by atoms with Crippen LogP contribution in [0.1, 0.15) is 12.0 Å². The Morgan fingerprint density at radius 1 is 1.53 bits per heavy atom. The second-order valence-electron chi connectivity index (χ2n) is 4.62. The molecule has 1 saturated heterocycles. The number of aryl methyl sites for hydroxylation is 1. The molecule has 0 aromatic heterocycles. The third kappa shape index (κ3) is 3.12. The highest BCUT2D eigenvalue weighted by molar-refractivity contribution is 5.99. The quantitative estimate of drug-likeness (QED) is 0.821. The van der Waals surface area contributed by atoms with Crippen molar-refractivity contribution in [2.45, 2.75) is 19.4 Å². The van der Waals surface area contributed by atoms with Crippen molar-refractivity contribution in [3.8, 4) is 0 Å². The molecule has 5 heteroatoms. The summed E-state index contributed by atoms with van der Waals surface area (Å²) in [4.78, 5) is 25.4. The normalized spacial score (nSPS) is 19.4. The van der Waals surface area contributed by atoms with E-state index in [2.05, 4.69) is 10.1 Å². The number of piperazine rings is 1. The van der Waals surface area contributed by atoms with Crippen LogP contribution in [0.4, 0.5) is 5.69 Å². The molecule has 0 aliphatic carbocycles. The van der Waals surface area contributed by atoms with Gasteiger partial charge in [0.25, 0.3) is 0 Å². The van der Waals surface area contributed by atoms with E-state index in [1.54, 1.807) is 4.90 Å². The lowest BCUT2D eigenvalue weighted by molar-refractivity contribution is -0.143. The van der Waals surface area contributed by atoms with Gasteiger partial charge in [-0.15, -0.1) is 0 Å². The molecule has 1 aliphatic rings. The van der Waals surface area contributed by atoms with Gasteiger partial charge in [-0.25, -0.2) is 0 Å². The van der Waals surface area contributed by atoms with Gasteiger partial charge in [-0.05, 0) is 24.6 Å². The lowest BCUT2D eigenvalue weighted by Crippen LogP contribution is -2.56. The van der Waals surface area contributed by atoms with Crippen LogP contribution in [0.15, 0.2) is 24.3 Å². The van der Waals surface area contributed by atoms with E-state index in [9.17, 15) is 9.59 Å². The van der Waals surface area contributed by atoms with Crippen molar-refractivity contribution in [2.24, 2.45) is 0 Å². The Hall–Kier alpha value is -1.88. The molecular formula is C14H18N2O3. The Morgan fingerprint density at radius 2 is 2.32 bits per heavy atom. The highest BCUT2D eigenvalue weighted by Gasteiger charge is 2.31. The molecule has 5 nitrogen and oxygen atoms in total. The number of amides is 1. The first-order chi connectivity index (χ1) is 9.11. The Morgan fingerprint density at radius 3 is 3.00 bits per heavy atom. The number of nitrogens with zero attached hydrogens (tertiary/aromatic N) is 1. The topological polar surface area (TPSA) is 58.6 Å². The van der Waals surface area contributed by atoms with Gasteiger partial charge in [0.05, 0.1) is 19.6 Å². The monoisotopic (exact) mass is 262 g/mol. The Kier molecular flexibility index (Phi) is 4.16. The fourth-order valence-electron chi connectivity index (χ4n) is 2.20. The van der Waals surface area contributed by atoms with Crippen LogP contribution in [0, 0.1) is 6.92 Å². The predicted molar refractivity (Wildman–Crippen MR) is 72.0 cm³/mol. The number of carbonyl (C=O) groups is 2. The Balaban J connectivity index is 2.14. The van der Waals surface area contributed by atoms with Gasteiger partial charge >= 0.3 is 5.97 Å². The maximum absolute atomic E-state index is 12.3. The average molecular weight is 262 g/mol. The summed E-state index contributed by atoms with van der Waals surface area (Å²) in [6.45, 7) is 3.27. The number of methoxy groups -OCH3 is 1. The zero-order chi connectivity index (χ0) is 13.8. The number of hydrogen-bond donors (Lipinski definition) is 1. The van der Waals surface area contributed by atoms with Gasteiger partial charge in [0.2, 0.25) is 5.91 Å². The second-order valence-corrected chi connectivity index (χ2v) is 4.62. The molecule has 0 bridgehead atoms. The number of ether oxygens (including phenoxy) is 1. The summed E-state index contributed by atoms with van der Waals surface area (Å²) in [6.07, 6.45) is 0.0671. The zero-order valence-corrected chi connectivity index (χ0v) is 11.2. The highest BCUT2D eigenvalue weighted by Crippen LogP contribution is 2.19. The number of rotatable bonds is 3. The van der Waals surface area contributed by atoms with Gasteiger partial charge in [0.15, 0.2) is 0 Å². The molecule has 1 atom stereocenters. The van der Waals surface area contributed by atoms with Crippen LogP contribution in [0.2, 0.25) is 0 Å². The van der Waals surface area contributed by atoms with E-state index in [1.165, 1.54) is 7.11 Å². The van der Waals surface area contributed by atoms with E-state index in [0.29, 0.717) is 13.1 Å². The first-order valence-corrected chi connectivity index (χ1v) is 6.30. The summed E-state index contributed by atoms with van der Waals surface area (Å²) in [5.41, 5.74) is 1.98. The summed E-state index contributed by atoms with van der Waals surface area (Å²) in [5, 5.41) is 3.06. The number of benzene rings is 1. The molecule has 0 saturated carbocycles. The second kappa shape index (κ2) is 5.84. The van der Waals surface area contributed by atoms with Crippen LogP contribution in [0.3, 0.4) is 0 Å². The molecule has 1 amide bonds. The minimum absolute atomic E-state index is 0.0671. The van der Waals surface area contributed by atoms with Crippen molar-refractivity contribution in [1.82, 2.24) is 5.32 Å². The number of nitrogens with one attached hydrogen (secondary N) is 1. The van der Waals surface area contributed by atoms with Gasteiger partial charge in [0.1, 0.15) is 0 Å². The maximum atomic E-state index is 12.3. The molecule has 1 aromatic rings. The number of carbonyl (C=O) groups excluding carboxylic acids is 2.